The molecule has 0 saturated carbocycles. The first-order chi connectivity index (χ1) is 6.73. The van der Waals surface area contributed by atoms with Crippen LogP contribution in [0, 0.1) is 5.82 Å². The molecule has 0 spiro atoms. The molecule has 0 aromatic heterocycles. The van der Waals surface area contributed by atoms with Gasteiger partial charge in [-0.25, -0.2) is 12.8 Å². The molecule has 0 atom stereocenters. The van der Waals surface area contributed by atoms with Crippen LogP contribution >= 0.6 is 22.3 Å². The summed E-state index contributed by atoms with van der Waals surface area (Å²) in [6.07, 6.45) is 0. The maximum atomic E-state index is 13.0. The fourth-order valence-electron chi connectivity index (χ4n) is 0.905. The van der Waals surface area contributed by atoms with Crippen molar-refractivity contribution in [3.05, 3.63) is 28.5 Å². The van der Waals surface area contributed by atoms with E-state index < -0.39 is 36.3 Å². The first-order valence-corrected chi connectivity index (χ1v) is 6.15. The first kappa shape index (κ1) is 12.2. The van der Waals surface area contributed by atoms with Crippen molar-refractivity contribution in [3.8, 4) is 0 Å². The van der Waals surface area contributed by atoms with Gasteiger partial charge in [-0.05, 0) is 12.1 Å². The number of amides is 1. The summed E-state index contributed by atoms with van der Waals surface area (Å²) < 4.78 is 34.9. The molecule has 0 aliphatic rings. The van der Waals surface area contributed by atoms with Gasteiger partial charge in [-0.1, -0.05) is 11.6 Å². The van der Waals surface area contributed by atoms with Crippen molar-refractivity contribution < 1.29 is 17.6 Å². The van der Waals surface area contributed by atoms with Crippen molar-refractivity contribution in [2.45, 2.75) is 4.90 Å². The van der Waals surface area contributed by atoms with E-state index in [-0.39, 0.29) is 0 Å². The number of carbonyl (C=O) groups is 1. The molecule has 1 aromatic rings. The predicted octanol–water partition coefficient (Wildman–Crippen LogP) is 1.51. The minimum absolute atomic E-state index is 0.410. The average Bonchev–Trinajstić information content (AvgIpc) is 2.00. The molecule has 4 nitrogen and oxygen atoms in total. The van der Waals surface area contributed by atoms with E-state index in [4.69, 9.17) is 28.0 Å². The minimum Gasteiger partial charge on any atom is -0.366 e. The Labute approximate surface area is 94.2 Å². The van der Waals surface area contributed by atoms with Gasteiger partial charge in [0.1, 0.15) is 10.7 Å². The summed E-state index contributed by atoms with van der Waals surface area (Å²) in [6.45, 7) is 0. The van der Waals surface area contributed by atoms with E-state index in [2.05, 4.69) is 0 Å². The number of rotatable bonds is 2. The van der Waals surface area contributed by atoms with E-state index in [1.807, 2.05) is 0 Å². The van der Waals surface area contributed by atoms with Gasteiger partial charge < -0.3 is 5.73 Å². The first-order valence-electron chi connectivity index (χ1n) is 3.47. The number of halogens is 3. The van der Waals surface area contributed by atoms with Gasteiger partial charge in [0.2, 0.25) is 0 Å². The van der Waals surface area contributed by atoms with Gasteiger partial charge in [0.05, 0.1) is 10.6 Å². The standard InChI is InChI=1S/C7H4Cl2FNO3S/c8-4-2-5(10)3(7(11)12)1-6(4)15(9,13)14/h1-2H,(H2,11,12). The van der Waals surface area contributed by atoms with Crippen molar-refractivity contribution >= 4 is 37.2 Å². The van der Waals surface area contributed by atoms with Gasteiger partial charge in [-0.15, -0.1) is 0 Å². The summed E-state index contributed by atoms with van der Waals surface area (Å²) in [4.78, 5) is 10.2. The van der Waals surface area contributed by atoms with E-state index in [9.17, 15) is 17.6 Å². The third kappa shape index (κ3) is 2.58. The van der Waals surface area contributed by atoms with Gasteiger partial charge in [0.25, 0.3) is 15.0 Å². The van der Waals surface area contributed by atoms with Crippen molar-refractivity contribution in [3.63, 3.8) is 0 Å². The van der Waals surface area contributed by atoms with Gasteiger partial charge >= 0.3 is 0 Å². The van der Waals surface area contributed by atoms with E-state index in [1.165, 1.54) is 0 Å². The smallest absolute Gasteiger partial charge is 0.262 e. The quantitative estimate of drug-likeness (QED) is 0.829. The normalized spacial score (nSPS) is 11.4. The molecular formula is C7H4Cl2FNO3S. The average molecular weight is 272 g/mol. The van der Waals surface area contributed by atoms with Gasteiger partial charge in [0.15, 0.2) is 0 Å². The number of primary amides is 1. The van der Waals surface area contributed by atoms with E-state index >= 15 is 0 Å². The third-order valence-electron chi connectivity index (χ3n) is 1.55. The molecule has 82 valence electrons. The number of hydrogen-bond acceptors (Lipinski definition) is 3. The Morgan fingerprint density at radius 1 is 1.40 bits per heavy atom. The lowest BCUT2D eigenvalue weighted by atomic mass is 10.2. The van der Waals surface area contributed by atoms with Crippen molar-refractivity contribution in [1.29, 1.82) is 0 Å². The Kier molecular flexibility index (Phi) is 3.22. The minimum atomic E-state index is -4.14. The number of carbonyl (C=O) groups excluding carboxylic acids is 1. The Morgan fingerprint density at radius 2 is 1.93 bits per heavy atom. The summed E-state index contributed by atoms with van der Waals surface area (Å²) in [5.74, 6) is -2.11. The molecule has 1 aromatic carbocycles. The van der Waals surface area contributed by atoms with Crippen LogP contribution < -0.4 is 5.73 Å². The van der Waals surface area contributed by atoms with Crippen LogP contribution in [0.1, 0.15) is 10.4 Å². The van der Waals surface area contributed by atoms with Crippen LogP contribution in [0.3, 0.4) is 0 Å². The lowest BCUT2D eigenvalue weighted by Crippen LogP contribution is -2.14. The van der Waals surface area contributed by atoms with E-state index in [1.54, 1.807) is 0 Å². The van der Waals surface area contributed by atoms with Crippen LogP contribution in [0.2, 0.25) is 5.02 Å². The zero-order chi connectivity index (χ0) is 11.8. The topological polar surface area (TPSA) is 77.2 Å². The van der Waals surface area contributed by atoms with Crippen LogP contribution in [0.4, 0.5) is 4.39 Å². The molecule has 15 heavy (non-hydrogen) atoms. The van der Waals surface area contributed by atoms with Crippen LogP contribution in [0.5, 0.6) is 0 Å². The van der Waals surface area contributed by atoms with Crippen molar-refractivity contribution in [2.24, 2.45) is 5.73 Å². The Bertz CT molecular complexity index is 529. The zero-order valence-electron chi connectivity index (χ0n) is 7.00. The van der Waals surface area contributed by atoms with E-state index in [0.717, 1.165) is 0 Å². The van der Waals surface area contributed by atoms with Gasteiger partial charge in [0, 0.05) is 10.7 Å². The highest BCUT2D eigenvalue weighted by Crippen LogP contribution is 2.27. The Balaban J connectivity index is 3.58. The van der Waals surface area contributed by atoms with Gasteiger partial charge in [-0.2, -0.15) is 0 Å². The molecule has 2 N–H and O–H groups in total. The largest absolute Gasteiger partial charge is 0.366 e. The summed E-state index contributed by atoms with van der Waals surface area (Å²) >= 11 is 5.44. The Morgan fingerprint density at radius 3 is 2.33 bits per heavy atom. The second-order valence-electron chi connectivity index (χ2n) is 2.56. The van der Waals surface area contributed by atoms with Crippen LogP contribution in [0.25, 0.3) is 0 Å². The molecule has 8 heteroatoms. The SMILES string of the molecule is NC(=O)c1cc(S(=O)(=O)Cl)c(Cl)cc1F. The molecule has 0 fully saturated rings. The molecule has 0 bridgehead atoms. The number of benzene rings is 1. The highest BCUT2D eigenvalue weighted by atomic mass is 35.7. The molecule has 0 aliphatic heterocycles. The lowest BCUT2D eigenvalue weighted by molar-refractivity contribution is 0.0996. The maximum absolute atomic E-state index is 13.0. The number of hydrogen-bond donors (Lipinski definition) is 1. The monoisotopic (exact) mass is 271 g/mol. The summed E-state index contributed by atoms with van der Waals surface area (Å²) in [5, 5.41) is -0.410. The van der Waals surface area contributed by atoms with Crippen molar-refractivity contribution in [2.75, 3.05) is 0 Å². The predicted molar refractivity (Wildman–Crippen MR) is 53.0 cm³/mol. The van der Waals surface area contributed by atoms with Crippen LogP contribution in [0.15, 0.2) is 17.0 Å². The second-order valence-corrected chi connectivity index (χ2v) is 5.51. The summed E-state index contributed by atoms with van der Waals surface area (Å²) in [5.41, 5.74) is 4.23. The highest BCUT2D eigenvalue weighted by Gasteiger charge is 2.20. The zero-order valence-corrected chi connectivity index (χ0v) is 9.33. The molecule has 0 heterocycles. The molecule has 1 amide bonds. The molecular weight excluding hydrogens is 268 g/mol. The number of nitrogens with two attached hydrogens (primary N) is 1. The van der Waals surface area contributed by atoms with E-state index in [0.29, 0.717) is 12.1 Å². The van der Waals surface area contributed by atoms with Crippen LogP contribution in [-0.4, -0.2) is 14.3 Å². The Hall–Kier alpha value is -0.850. The van der Waals surface area contributed by atoms with Crippen molar-refractivity contribution in [1.82, 2.24) is 0 Å². The molecule has 0 unspecified atom stereocenters. The second kappa shape index (κ2) is 3.96. The molecule has 0 saturated heterocycles. The fourth-order valence-corrected chi connectivity index (χ4v) is 2.41. The molecule has 0 radical (unpaired) electrons. The molecule has 1 rings (SSSR count). The summed E-state index contributed by atoms with van der Waals surface area (Å²) in [6, 6.07) is 1.36. The fraction of sp³-hybridized carbons (Fsp3) is 0. The van der Waals surface area contributed by atoms with Gasteiger partial charge in [-0.3, -0.25) is 4.79 Å². The third-order valence-corrected chi connectivity index (χ3v) is 3.34. The highest BCUT2D eigenvalue weighted by molar-refractivity contribution is 8.13. The molecule has 0 aliphatic carbocycles. The maximum Gasteiger partial charge on any atom is 0.262 e. The van der Waals surface area contributed by atoms with Crippen LogP contribution in [-0.2, 0) is 9.05 Å². The lowest BCUT2D eigenvalue weighted by Gasteiger charge is -2.03. The summed E-state index contributed by atoms with van der Waals surface area (Å²) in [7, 11) is 0.866.